The number of hydrogen-bond donors (Lipinski definition) is 1. The topological polar surface area (TPSA) is 55.6 Å². The fraction of sp³-hybridized carbons (Fsp3) is 0.417. The summed E-state index contributed by atoms with van der Waals surface area (Å²) < 4.78 is 18.2. The van der Waals surface area contributed by atoms with Gasteiger partial charge in [0.25, 0.3) is 0 Å². The monoisotopic (exact) mass is 238 g/mol. The Labute approximate surface area is 99.2 Å². The third-order valence-corrected chi connectivity index (χ3v) is 2.70. The maximum absolute atomic E-state index is 13.0. The van der Waals surface area contributed by atoms with Gasteiger partial charge in [-0.1, -0.05) is 12.1 Å². The van der Waals surface area contributed by atoms with Gasteiger partial charge in [-0.2, -0.15) is 0 Å². The number of amides is 1. The highest BCUT2D eigenvalue weighted by Gasteiger charge is 2.30. The van der Waals surface area contributed by atoms with Crippen LogP contribution in [0.4, 0.5) is 9.18 Å². The van der Waals surface area contributed by atoms with Crippen LogP contribution in [-0.2, 0) is 11.2 Å². The molecule has 1 unspecified atom stereocenters. The first-order chi connectivity index (χ1) is 8.19. The van der Waals surface area contributed by atoms with E-state index in [9.17, 15) is 9.18 Å². The molecular formula is C12H15FN2O2. The number of cyclic esters (lactones) is 1. The van der Waals surface area contributed by atoms with Crippen LogP contribution < -0.4 is 5.73 Å². The third kappa shape index (κ3) is 2.94. The third-order valence-electron chi connectivity index (χ3n) is 2.70. The number of halogens is 1. The van der Waals surface area contributed by atoms with Gasteiger partial charge in [0, 0.05) is 19.5 Å². The molecule has 4 nitrogen and oxygen atoms in total. The van der Waals surface area contributed by atoms with E-state index in [4.69, 9.17) is 10.5 Å². The zero-order valence-corrected chi connectivity index (χ0v) is 9.43. The van der Waals surface area contributed by atoms with E-state index in [0.717, 1.165) is 5.56 Å². The number of hydrogen-bond acceptors (Lipinski definition) is 3. The average molecular weight is 238 g/mol. The van der Waals surface area contributed by atoms with Crippen LogP contribution in [0.3, 0.4) is 0 Å². The lowest BCUT2D eigenvalue weighted by Crippen LogP contribution is -2.30. The second kappa shape index (κ2) is 5.14. The van der Waals surface area contributed by atoms with Crippen LogP contribution in [0.25, 0.3) is 0 Å². The summed E-state index contributed by atoms with van der Waals surface area (Å²) in [7, 11) is 0. The average Bonchev–Trinajstić information content (AvgIpc) is 2.60. The predicted octanol–water partition coefficient (Wildman–Crippen LogP) is 1.15. The number of carbonyl (C=O) groups excluding carboxylic acids is 1. The van der Waals surface area contributed by atoms with Gasteiger partial charge in [-0.25, -0.2) is 9.18 Å². The molecule has 0 bridgehead atoms. The Kier molecular flexibility index (Phi) is 3.58. The summed E-state index contributed by atoms with van der Waals surface area (Å²) in [6.45, 7) is 1.44. The number of nitrogens with two attached hydrogens (primary N) is 1. The largest absolute Gasteiger partial charge is 0.444 e. The fourth-order valence-corrected chi connectivity index (χ4v) is 1.95. The Morgan fingerprint density at radius 1 is 1.53 bits per heavy atom. The first kappa shape index (κ1) is 11.9. The zero-order valence-electron chi connectivity index (χ0n) is 9.43. The molecule has 0 radical (unpaired) electrons. The molecule has 1 amide bonds. The zero-order chi connectivity index (χ0) is 12.3. The van der Waals surface area contributed by atoms with Crippen LogP contribution in [0.15, 0.2) is 24.3 Å². The van der Waals surface area contributed by atoms with Gasteiger partial charge in [0.1, 0.15) is 11.9 Å². The smallest absolute Gasteiger partial charge is 0.410 e. The van der Waals surface area contributed by atoms with E-state index < -0.39 is 0 Å². The van der Waals surface area contributed by atoms with Gasteiger partial charge in [0.15, 0.2) is 0 Å². The Morgan fingerprint density at radius 2 is 2.35 bits per heavy atom. The Bertz CT molecular complexity index is 411. The minimum Gasteiger partial charge on any atom is -0.444 e. The molecule has 1 aromatic carbocycles. The van der Waals surface area contributed by atoms with Gasteiger partial charge < -0.3 is 15.4 Å². The first-order valence-corrected chi connectivity index (χ1v) is 5.59. The standard InChI is InChI=1S/C12H15FN2O2/c13-10-3-1-2-9(6-10)7-11-8-15(5-4-14)12(16)17-11/h1-3,6,11H,4-5,7-8,14H2. The summed E-state index contributed by atoms with van der Waals surface area (Å²) in [4.78, 5) is 13.0. The van der Waals surface area contributed by atoms with E-state index in [2.05, 4.69) is 0 Å². The second-order valence-corrected chi connectivity index (χ2v) is 4.07. The summed E-state index contributed by atoms with van der Waals surface area (Å²) in [5.74, 6) is -0.273. The summed E-state index contributed by atoms with van der Waals surface area (Å²) in [5, 5.41) is 0. The van der Waals surface area contributed by atoms with E-state index in [1.165, 1.54) is 12.1 Å². The molecule has 0 saturated carbocycles. The van der Waals surface area contributed by atoms with Crippen LogP contribution in [0.5, 0.6) is 0 Å². The molecule has 5 heteroatoms. The minimum absolute atomic E-state index is 0.212. The molecule has 92 valence electrons. The molecule has 1 atom stereocenters. The molecule has 0 aromatic heterocycles. The molecule has 2 rings (SSSR count). The predicted molar refractivity (Wildman–Crippen MR) is 61.0 cm³/mol. The van der Waals surface area contributed by atoms with Crippen molar-refractivity contribution >= 4 is 6.09 Å². The summed E-state index contributed by atoms with van der Waals surface area (Å²) in [6, 6.07) is 6.33. The molecular weight excluding hydrogens is 223 g/mol. The molecule has 1 aromatic rings. The van der Waals surface area contributed by atoms with Crippen molar-refractivity contribution in [1.29, 1.82) is 0 Å². The van der Waals surface area contributed by atoms with Crippen molar-refractivity contribution in [2.75, 3.05) is 19.6 Å². The van der Waals surface area contributed by atoms with Crippen molar-refractivity contribution < 1.29 is 13.9 Å². The number of benzene rings is 1. The molecule has 0 spiro atoms. The molecule has 1 aliphatic rings. The van der Waals surface area contributed by atoms with Crippen molar-refractivity contribution in [1.82, 2.24) is 4.90 Å². The summed E-state index contributed by atoms with van der Waals surface area (Å²) in [6.07, 6.45) is -0.0161. The number of ether oxygens (including phenoxy) is 1. The molecule has 0 aliphatic carbocycles. The molecule has 17 heavy (non-hydrogen) atoms. The van der Waals surface area contributed by atoms with E-state index in [1.54, 1.807) is 11.0 Å². The molecule has 1 fully saturated rings. The lowest BCUT2D eigenvalue weighted by Gasteiger charge is -2.10. The highest BCUT2D eigenvalue weighted by molar-refractivity contribution is 5.69. The van der Waals surface area contributed by atoms with Crippen molar-refractivity contribution in [3.63, 3.8) is 0 Å². The lowest BCUT2D eigenvalue weighted by atomic mass is 10.1. The van der Waals surface area contributed by atoms with E-state index >= 15 is 0 Å². The summed E-state index contributed by atoms with van der Waals surface area (Å²) >= 11 is 0. The normalized spacial score (nSPS) is 19.5. The van der Waals surface area contributed by atoms with E-state index in [-0.39, 0.29) is 18.0 Å². The number of nitrogens with zero attached hydrogens (tertiary/aromatic N) is 1. The van der Waals surface area contributed by atoms with Crippen LogP contribution >= 0.6 is 0 Å². The van der Waals surface area contributed by atoms with Crippen molar-refractivity contribution in [3.8, 4) is 0 Å². The maximum atomic E-state index is 13.0. The van der Waals surface area contributed by atoms with Crippen molar-refractivity contribution in [3.05, 3.63) is 35.6 Å². The Morgan fingerprint density at radius 3 is 3.06 bits per heavy atom. The highest BCUT2D eigenvalue weighted by Crippen LogP contribution is 2.16. The highest BCUT2D eigenvalue weighted by atomic mass is 19.1. The van der Waals surface area contributed by atoms with Gasteiger partial charge >= 0.3 is 6.09 Å². The Hall–Kier alpha value is -1.62. The quantitative estimate of drug-likeness (QED) is 0.856. The number of rotatable bonds is 4. The number of carbonyl (C=O) groups is 1. The van der Waals surface area contributed by atoms with Crippen LogP contribution in [0.2, 0.25) is 0 Å². The molecule has 1 saturated heterocycles. The van der Waals surface area contributed by atoms with Crippen LogP contribution in [-0.4, -0.2) is 36.7 Å². The maximum Gasteiger partial charge on any atom is 0.410 e. The van der Waals surface area contributed by atoms with E-state index in [0.29, 0.717) is 26.1 Å². The molecule has 1 aliphatic heterocycles. The van der Waals surface area contributed by atoms with Gasteiger partial charge in [-0.05, 0) is 17.7 Å². The SMILES string of the molecule is NCCN1CC(Cc2cccc(F)c2)OC1=O. The minimum atomic E-state index is -0.336. The second-order valence-electron chi connectivity index (χ2n) is 4.07. The first-order valence-electron chi connectivity index (χ1n) is 5.59. The van der Waals surface area contributed by atoms with Gasteiger partial charge in [0.05, 0.1) is 6.54 Å². The summed E-state index contributed by atoms with van der Waals surface area (Å²) in [5.41, 5.74) is 6.22. The van der Waals surface area contributed by atoms with E-state index in [1.807, 2.05) is 6.07 Å². The fourth-order valence-electron chi connectivity index (χ4n) is 1.95. The van der Waals surface area contributed by atoms with Gasteiger partial charge in [0.2, 0.25) is 0 Å². The van der Waals surface area contributed by atoms with Crippen molar-refractivity contribution in [2.45, 2.75) is 12.5 Å². The van der Waals surface area contributed by atoms with Crippen molar-refractivity contribution in [2.24, 2.45) is 5.73 Å². The van der Waals surface area contributed by atoms with Crippen LogP contribution in [0, 0.1) is 5.82 Å². The lowest BCUT2D eigenvalue weighted by molar-refractivity contribution is 0.132. The molecule has 1 heterocycles. The van der Waals surface area contributed by atoms with Gasteiger partial charge in [-0.3, -0.25) is 0 Å². The Balaban J connectivity index is 1.95. The molecule has 2 N–H and O–H groups in total. The van der Waals surface area contributed by atoms with Gasteiger partial charge in [-0.15, -0.1) is 0 Å². The van der Waals surface area contributed by atoms with Crippen LogP contribution in [0.1, 0.15) is 5.56 Å².